The Morgan fingerprint density at radius 2 is 1.77 bits per heavy atom. The van der Waals surface area contributed by atoms with E-state index in [0.717, 1.165) is 36.0 Å². The van der Waals surface area contributed by atoms with E-state index in [4.69, 9.17) is 4.74 Å². The summed E-state index contributed by atoms with van der Waals surface area (Å²) in [4.78, 5) is 26.8. The van der Waals surface area contributed by atoms with Crippen LogP contribution in [-0.2, 0) is 11.0 Å². The second-order valence-electron chi connectivity index (χ2n) is 5.95. The highest BCUT2D eigenvalue weighted by molar-refractivity contribution is 7.99. The van der Waals surface area contributed by atoms with Crippen LogP contribution >= 0.6 is 11.8 Å². The molecule has 0 bridgehead atoms. The van der Waals surface area contributed by atoms with Gasteiger partial charge in [0, 0.05) is 11.3 Å². The minimum atomic E-state index is -4.44. The van der Waals surface area contributed by atoms with Crippen LogP contribution in [0.15, 0.2) is 58.5 Å². The summed E-state index contributed by atoms with van der Waals surface area (Å²) in [5.41, 5.74) is -0.374. The molecule has 0 fully saturated rings. The molecule has 0 aliphatic rings. The lowest BCUT2D eigenvalue weighted by atomic mass is 10.1. The van der Waals surface area contributed by atoms with E-state index in [1.54, 1.807) is 24.3 Å². The van der Waals surface area contributed by atoms with Crippen molar-refractivity contribution in [3.63, 3.8) is 0 Å². The van der Waals surface area contributed by atoms with E-state index in [1.165, 1.54) is 7.11 Å². The largest absolute Gasteiger partial charge is 0.497 e. The van der Waals surface area contributed by atoms with Crippen LogP contribution in [0.4, 0.5) is 18.9 Å². The minimum absolute atomic E-state index is 0.118. The summed E-state index contributed by atoms with van der Waals surface area (Å²) < 4.78 is 42.7. The number of ether oxygens (including phenoxy) is 1. The molecule has 3 rings (SSSR count). The number of halogens is 3. The van der Waals surface area contributed by atoms with Crippen LogP contribution in [0.1, 0.15) is 5.56 Å². The maximum Gasteiger partial charge on any atom is 0.416 e. The SMILES string of the molecule is COc1ccc(-c2nnc(SCC(=O)Nc3ccc(C(F)(F)F)cc3)[nH]c2=O)cc1. The smallest absolute Gasteiger partial charge is 0.416 e. The maximum atomic E-state index is 12.6. The van der Waals surface area contributed by atoms with Gasteiger partial charge in [-0.15, -0.1) is 10.2 Å². The van der Waals surface area contributed by atoms with Crippen molar-refractivity contribution < 1.29 is 22.7 Å². The van der Waals surface area contributed by atoms with Crippen LogP contribution in [0, 0.1) is 0 Å². The zero-order chi connectivity index (χ0) is 21.7. The van der Waals surface area contributed by atoms with Crippen molar-refractivity contribution in [2.24, 2.45) is 0 Å². The molecule has 1 amide bonds. The van der Waals surface area contributed by atoms with E-state index < -0.39 is 23.2 Å². The molecule has 1 heterocycles. The molecule has 0 aliphatic heterocycles. The summed E-state index contributed by atoms with van der Waals surface area (Å²) in [6.45, 7) is 0. The number of carbonyl (C=O) groups is 1. The summed E-state index contributed by atoms with van der Waals surface area (Å²) in [5, 5.41) is 10.4. The molecule has 2 N–H and O–H groups in total. The van der Waals surface area contributed by atoms with Crippen molar-refractivity contribution in [3.8, 4) is 17.0 Å². The third-order valence-corrected chi connectivity index (χ3v) is 4.74. The number of thioether (sulfide) groups is 1. The third-order valence-electron chi connectivity index (χ3n) is 3.88. The first-order chi connectivity index (χ1) is 14.3. The van der Waals surface area contributed by atoms with Crippen molar-refractivity contribution in [2.45, 2.75) is 11.3 Å². The highest BCUT2D eigenvalue weighted by Crippen LogP contribution is 2.29. The van der Waals surface area contributed by atoms with Gasteiger partial charge in [0.2, 0.25) is 5.91 Å². The number of nitrogens with one attached hydrogen (secondary N) is 2. The Hall–Kier alpha value is -3.34. The van der Waals surface area contributed by atoms with Crippen LogP contribution in [0.25, 0.3) is 11.3 Å². The molecular formula is C19H15F3N4O3S. The second-order valence-corrected chi connectivity index (χ2v) is 6.91. The van der Waals surface area contributed by atoms with Crippen molar-refractivity contribution in [1.82, 2.24) is 15.2 Å². The van der Waals surface area contributed by atoms with Gasteiger partial charge in [-0.25, -0.2) is 0 Å². The molecule has 0 spiro atoms. The third kappa shape index (κ3) is 5.38. The van der Waals surface area contributed by atoms with Gasteiger partial charge >= 0.3 is 6.18 Å². The number of aromatic nitrogens is 3. The van der Waals surface area contributed by atoms with Gasteiger partial charge < -0.3 is 10.1 Å². The Morgan fingerprint density at radius 1 is 1.10 bits per heavy atom. The van der Waals surface area contributed by atoms with E-state index in [0.29, 0.717) is 11.3 Å². The molecule has 1 aromatic heterocycles. The molecular weight excluding hydrogens is 421 g/mol. The zero-order valence-electron chi connectivity index (χ0n) is 15.5. The minimum Gasteiger partial charge on any atom is -0.497 e. The highest BCUT2D eigenvalue weighted by Gasteiger charge is 2.29. The molecule has 0 aliphatic carbocycles. The number of amides is 1. The number of alkyl halides is 3. The van der Waals surface area contributed by atoms with Gasteiger partial charge in [0.15, 0.2) is 10.9 Å². The number of hydrogen-bond acceptors (Lipinski definition) is 6. The average Bonchev–Trinajstić information content (AvgIpc) is 2.72. The standard InChI is InChI=1S/C19H15F3N4O3S/c1-29-14-8-2-11(3-9-14)16-17(28)24-18(26-25-16)30-10-15(27)23-13-6-4-12(5-7-13)19(20,21)22/h2-9H,10H2,1H3,(H,23,27)(H,24,26,28). The van der Waals surface area contributed by atoms with Crippen LogP contribution in [0.3, 0.4) is 0 Å². The Morgan fingerprint density at radius 3 is 2.33 bits per heavy atom. The van der Waals surface area contributed by atoms with Gasteiger partial charge in [-0.1, -0.05) is 11.8 Å². The van der Waals surface area contributed by atoms with Gasteiger partial charge in [-0.3, -0.25) is 14.6 Å². The molecule has 11 heteroatoms. The fourth-order valence-corrected chi connectivity index (χ4v) is 3.00. The quantitative estimate of drug-likeness (QED) is 0.574. The molecule has 156 valence electrons. The Bertz CT molecular complexity index is 1080. The van der Waals surface area contributed by atoms with Crippen LogP contribution in [0.5, 0.6) is 5.75 Å². The Kier molecular flexibility index (Phi) is 6.40. The Labute approximate surface area is 172 Å². The van der Waals surface area contributed by atoms with E-state index in [2.05, 4.69) is 20.5 Å². The molecule has 3 aromatic rings. The molecule has 0 unspecified atom stereocenters. The highest BCUT2D eigenvalue weighted by atomic mass is 32.2. The molecule has 7 nitrogen and oxygen atoms in total. The maximum absolute atomic E-state index is 12.6. The van der Waals surface area contributed by atoms with Gasteiger partial charge in [0.25, 0.3) is 5.56 Å². The number of aromatic amines is 1. The number of benzene rings is 2. The number of carbonyl (C=O) groups excluding carboxylic acids is 1. The lowest BCUT2D eigenvalue weighted by Gasteiger charge is -2.08. The monoisotopic (exact) mass is 436 g/mol. The predicted molar refractivity (Wildman–Crippen MR) is 105 cm³/mol. The zero-order valence-corrected chi connectivity index (χ0v) is 16.3. The van der Waals surface area contributed by atoms with Crippen LogP contribution in [-0.4, -0.2) is 34.0 Å². The molecule has 0 saturated carbocycles. The van der Waals surface area contributed by atoms with Gasteiger partial charge in [0.05, 0.1) is 18.4 Å². The fraction of sp³-hybridized carbons (Fsp3) is 0.158. The fourth-order valence-electron chi connectivity index (χ4n) is 2.40. The van der Waals surface area contributed by atoms with E-state index in [9.17, 15) is 22.8 Å². The van der Waals surface area contributed by atoms with Crippen LogP contribution < -0.4 is 15.6 Å². The van der Waals surface area contributed by atoms with Crippen molar-refractivity contribution >= 4 is 23.4 Å². The number of anilines is 1. The summed E-state index contributed by atoms with van der Waals surface area (Å²) in [6.07, 6.45) is -4.44. The number of H-pyrrole nitrogens is 1. The first-order valence-electron chi connectivity index (χ1n) is 8.47. The predicted octanol–water partition coefficient (Wildman–Crippen LogP) is 3.59. The molecule has 2 aromatic carbocycles. The molecule has 0 atom stereocenters. The number of hydrogen-bond donors (Lipinski definition) is 2. The molecule has 30 heavy (non-hydrogen) atoms. The van der Waals surface area contributed by atoms with Crippen molar-refractivity contribution in [3.05, 3.63) is 64.4 Å². The number of methoxy groups -OCH3 is 1. The van der Waals surface area contributed by atoms with Gasteiger partial charge in [-0.2, -0.15) is 13.2 Å². The number of nitrogens with zero attached hydrogens (tertiary/aromatic N) is 2. The van der Waals surface area contributed by atoms with Gasteiger partial charge in [0.1, 0.15) is 5.75 Å². The van der Waals surface area contributed by atoms with Crippen molar-refractivity contribution in [1.29, 1.82) is 0 Å². The summed E-state index contributed by atoms with van der Waals surface area (Å²) in [6, 6.07) is 10.8. The normalized spacial score (nSPS) is 11.2. The summed E-state index contributed by atoms with van der Waals surface area (Å²) >= 11 is 0.938. The topological polar surface area (TPSA) is 97.0 Å². The van der Waals surface area contributed by atoms with Crippen molar-refractivity contribution in [2.75, 3.05) is 18.2 Å². The van der Waals surface area contributed by atoms with E-state index in [1.807, 2.05) is 0 Å². The van der Waals surface area contributed by atoms with E-state index >= 15 is 0 Å². The first kappa shape index (κ1) is 21.4. The second kappa shape index (κ2) is 8.99. The average molecular weight is 436 g/mol. The lowest BCUT2D eigenvalue weighted by Crippen LogP contribution is -2.17. The first-order valence-corrected chi connectivity index (χ1v) is 9.46. The van der Waals surface area contributed by atoms with Crippen LogP contribution in [0.2, 0.25) is 0 Å². The summed E-state index contributed by atoms with van der Waals surface area (Å²) in [5.74, 6) is 0.0454. The summed E-state index contributed by atoms with van der Waals surface area (Å²) in [7, 11) is 1.53. The lowest BCUT2D eigenvalue weighted by molar-refractivity contribution is -0.137. The van der Waals surface area contributed by atoms with E-state index in [-0.39, 0.29) is 22.3 Å². The Balaban J connectivity index is 1.59. The number of rotatable bonds is 6. The molecule has 0 saturated heterocycles. The molecule has 0 radical (unpaired) electrons. The van der Waals surface area contributed by atoms with Gasteiger partial charge in [-0.05, 0) is 48.5 Å².